The second kappa shape index (κ2) is 68.9. The molecule has 0 radical (unpaired) electrons. The maximum Gasteiger partial charge on any atom is 0.306 e. The smallest absolute Gasteiger partial charge is 0.306 e. The van der Waals surface area contributed by atoms with Crippen molar-refractivity contribution < 1.29 is 28.6 Å². The summed E-state index contributed by atoms with van der Waals surface area (Å²) in [6.07, 6.45) is 87.4. The Labute approximate surface area is 498 Å². The Hall–Kier alpha value is -2.63. The van der Waals surface area contributed by atoms with Gasteiger partial charge in [-0.2, -0.15) is 0 Å². The maximum atomic E-state index is 12.9. The van der Waals surface area contributed by atoms with Crippen molar-refractivity contribution in [2.45, 2.75) is 393 Å². The van der Waals surface area contributed by atoms with Gasteiger partial charge in [-0.15, -0.1) is 0 Å². The van der Waals surface area contributed by atoms with Crippen molar-refractivity contribution in [3.05, 3.63) is 48.6 Å². The standard InChI is InChI=1S/C74H136O6/c1-4-7-10-13-16-19-22-25-27-29-30-31-32-33-34-35-36-37-38-39-40-41-42-43-45-46-49-52-55-58-61-64-67-73(76)79-70-71(69-78-72(75)66-63-60-57-54-51-48-24-21-18-15-12-9-6-3)80-74(77)68-65-62-59-56-53-50-47-44-28-26-23-20-17-14-11-8-5-2/h8,11,17,20,26,28,47,50,71H,4-7,9-10,12-16,18-19,21-25,27,29-46,48-49,51-70H2,1-3H3/b11-8-,20-17-,28-26-,50-47-. The third-order valence-corrected chi connectivity index (χ3v) is 16.1. The van der Waals surface area contributed by atoms with Crippen molar-refractivity contribution in [2.24, 2.45) is 0 Å². The van der Waals surface area contributed by atoms with Gasteiger partial charge in [-0.1, -0.05) is 358 Å². The predicted octanol–water partition coefficient (Wildman–Crippen LogP) is 24.5. The second-order valence-corrected chi connectivity index (χ2v) is 24.1. The molecule has 6 nitrogen and oxygen atoms in total. The first kappa shape index (κ1) is 77.4. The molecule has 0 rings (SSSR count). The number of carbonyl (C=O) groups excluding carboxylic acids is 3. The summed E-state index contributed by atoms with van der Waals surface area (Å²) in [5, 5.41) is 0. The van der Waals surface area contributed by atoms with Gasteiger partial charge in [0.15, 0.2) is 6.10 Å². The van der Waals surface area contributed by atoms with Gasteiger partial charge in [0.1, 0.15) is 13.2 Å². The molecule has 0 aliphatic rings. The monoisotopic (exact) mass is 1120 g/mol. The van der Waals surface area contributed by atoms with Gasteiger partial charge in [-0.25, -0.2) is 0 Å². The SMILES string of the molecule is CC/C=C\C/C=C\C/C=C\C/C=C\CCCCCCC(=O)OC(COC(=O)CCCCCCCCCCCCCCC)COC(=O)CCCCCCCCCCCCCCCCCCCCCCCCCCCCCCCCCC. The van der Waals surface area contributed by atoms with Crippen LogP contribution in [0.2, 0.25) is 0 Å². The molecular formula is C74H136O6. The predicted molar refractivity (Wildman–Crippen MR) is 349 cm³/mol. The van der Waals surface area contributed by atoms with Crippen molar-refractivity contribution >= 4 is 17.9 Å². The highest BCUT2D eigenvalue weighted by molar-refractivity contribution is 5.71. The average Bonchev–Trinajstić information content (AvgIpc) is 3.46. The molecule has 0 fully saturated rings. The highest BCUT2D eigenvalue weighted by Gasteiger charge is 2.19. The lowest BCUT2D eigenvalue weighted by molar-refractivity contribution is -0.167. The summed E-state index contributed by atoms with van der Waals surface area (Å²) in [5.41, 5.74) is 0. The summed E-state index contributed by atoms with van der Waals surface area (Å²) in [6.45, 7) is 6.57. The Morgan fingerprint density at radius 3 is 0.762 bits per heavy atom. The molecule has 80 heavy (non-hydrogen) atoms. The van der Waals surface area contributed by atoms with E-state index in [1.54, 1.807) is 0 Å². The molecule has 0 aliphatic carbocycles. The number of hydrogen-bond donors (Lipinski definition) is 0. The van der Waals surface area contributed by atoms with Crippen LogP contribution in [-0.4, -0.2) is 37.2 Å². The summed E-state index contributed by atoms with van der Waals surface area (Å²) in [5.74, 6) is -0.878. The van der Waals surface area contributed by atoms with Crippen molar-refractivity contribution in [3.8, 4) is 0 Å². The quantitative estimate of drug-likeness (QED) is 0.0261. The Morgan fingerprint density at radius 1 is 0.263 bits per heavy atom. The van der Waals surface area contributed by atoms with Crippen molar-refractivity contribution in [3.63, 3.8) is 0 Å². The van der Waals surface area contributed by atoms with Crippen molar-refractivity contribution in [2.75, 3.05) is 13.2 Å². The maximum absolute atomic E-state index is 12.9. The minimum Gasteiger partial charge on any atom is -0.462 e. The molecule has 1 atom stereocenters. The number of rotatable bonds is 66. The molecule has 0 amide bonds. The summed E-state index contributed by atoms with van der Waals surface area (Å²) >= 11 is 0. The number of allylic oxidation sites excluding steroid dienone is 8. The molecule has 0 saturated heterocycles. The molecule has 0 aromatic rings. The number of ether oxygens (including phenoxy) is 3. The zero-order valence-corrected chi connectivity index (χ0v) is 53.9. The van der Waals surface area contributed by atoms with Crippen LogP contribution in [0.4, 0.5) is 0 Å². The van der Waals surface area contributed by atoms with Gasteiger partial charge >= 0.3 is 17.9 Å². The van der Waals surface area contributed by atoms with Crippen LogP contribution in [0.1, 0.15) is 387 Å². The summed E-state index contributed by atoms with van der Waals surface area (Å²) in [4.78, 5) is 38.3. The molecule has 0 N–H and O–H groups in total. The van der Waals surface area contributed by atoms with E-state index in [0.717, 1.165) is 96.3 Å². The summed E-state index contributed by atoms with van der Waals surface area (Å²) in [6, 6.07) is 0. The fraction of sp³-hybridized carbons (Fsp3) is 0.851. The van der Waals surface area contributed by atoms with E-state index in [4.69, 9.17) is 14.2 Å². The number of hydrogen-bond acceptors (Lipinski definition) is 6. The van der Waals surface area contributed by atoms with Gasteiger partial charge in [0, 0.05) is 19.3 Å². The van der Waals surface area contributed by atoms with Gasteiger partial charge < -0.3 is 14.2 Å². The van der Waals surface area contributed by atoms with Gasteiger partial charge in [0.25, 0.3) is 0 Å². The zero-order chi connectivity index (χ0) is 57.8. The lowest BCUT2D eigenvalue weighted by atomic mass is 10.0. The van der Waals surface area contributed by atoms with Crippen molar-refractivity contribution in [1.82, 2.24) is 0 Å². The minimum absolute atomic E-state index is 0.0783. The molecule has 0 spiro atoms. The van der Waals surface area contributed by atoms with Gasteiger partial charge in [-0.3, -0.25) is 14.4 Å². The van der Waals surface area contributed by atoms with Gasteiger partial charge in [-0.05, 0) is 57.8 Å². The number of esters is 3. The lowest BCUT2D eigenvalue weighted by Gasteiger charge is -2.18. The molecule has 0 aromatic heterocycles. The van der Waals surface area contributed by atoms with E-state index in [1.807, 2.05) is 0 Å². The molecule has 6 heteroatoms. The van der Waals surface area contributed by atoms with E-state index in [9.17, 15) is 14.4 Å². The summed E-state index contributed by atoms with van der Waals surface area (Å²) in [7, 11) is 0. The first-order chi connectivity index (χ1) is 39.5. The average molecular weight is 1120 g/mol. The molecule has 0 aliphatic heterocycles. The normalized spacial score (nSPS) is 12.3. The van der Waals surface area contributed by atoms with Crippen LogP contribution in [0.15, 0.2) is 48.6 Å². The van der Waals surface area contributed by atoms with E-state index in [2.05, 4.69) is 69.4 Å². The highest BCUT2D eigenvalue weighted by Crippen LogP contribution is 2.19. The van der Waals surface area contributed by atoms with Gasteiger partial charge in [0.2, 0.25) is 0 Å². The summed E-state index contributed by atoms with van der Waals surface area (Å²) < 4.78 is 16.9. The Bertz CT molecular complexity index is 1380. The lowest BCUT2D eigenvalue weighted by Crippen LogP contribution is -2.30. The molecule has 0 bridgehead atoms. The van der Waals surface area contributed by atoms with Crippen LogP contribution in [0, 0.1) is 0 Å². The molecule has 468 valence electrons. The van der Waals surface area contributed by atoms with E-state index >= 15 is 0 Å². The van der Waals surface area contributed by atoms with Crippen LogP contribution in [0.5, 0.6) is 0 Å². The Balaban J connectivity index is 4.13. The topological polar surface area (TPSA) is 78.9 Å². The number of carbonyl (C=O) groups is 3. The zero-order valence-electron chi connectivity index (χ0n) is 53.9. The molecule has 0 heterocycles. The Morgan fingerprint density at radius 2 is 0.487 bits per heavy atom. The van der Waals surface area contributed by atoms with Gasteiger partial charge in [0.05, 0.1) is 0 Å². The fourth-order valence-electron chi connectivity index (χ4n) is 10.8. The van der Waals surface area contributed by atoms with E-state index in [0.29, 0.717) is 19.3 Å². The molecule has 0 saturated carbocycles. The molecular weight excluding hydrogens is 985 g/mol. The number of unbranched alkanes of at least 4 members (excludes halogenated alkanes) is 47. The van der Waals surface area contributed by atoms with Crippen LogP contribution >= 0.6 is 0 Å². The van der Waals surface area contributed by atoms with E-state index in [-0.39, 0.29) is 31.1 Å². The van der Waals surface area contributed by atoms with Crippen LogP contribution in [0.25, 0.3) is 0 Å². The molecule has 0 aromatic carbocycles. The van der Waals surface area contributed by atoms with E-state index in [1.165, 1.54) is 250 Å². The second-order valence-electron chi connectivity index (χ2n) is 24.1. The third kappa shape index (κ3) is 66.2. The molecule has 1 unspecified atom stereocenters. The first-order valence-electron chi connectivity index (χ1n) is 35.6. The minimum atomic E-state index is -0.784. The highest BCUT2D eigenvalue weighted by atomic mass is 16.6. The fourth-order valence-corrected chi connectivity index (χ4v) is 10.8. The van der Waals surface area contributed by atoms with E-state index < -0.39 is 6.10 Å². The van der Waals surface area contributed by atoms with Crippen LogP contribution in [0.3, 0.4) is 0 Å². The van der Waals surface area contributed by atoms with Crippen molar-refractivity contribution in [1.29, 1.82) is 0 Å². The van der Waals surface area contributed by atoms with Crippen LogP contribution < -0.4 is 0 Å². The first-order valence-corrected chi connectivity index (χ1v) is 35.6. The largest absolute Gasteiger partial charge is 0.462 e. The third-order valence-electron chi connectivity index (χ3n) is 16.1. The Kier molecular flexibility index (Phi) is 66.6. The van der Waals surface area contributed by atoms with Crippen LogP contribution in [-0.2, 0) is 28.6 Å².